The van der Waals surface area contributed by atoms with Crippen molar-refractivity contribution in [2.45, 2.75) is 19.4 Å². The molecule has 0 saturated heterocycles. The fourth-order valence-electron chi connectivity index (χ4n) is 4.25. The summed E-state index contributed by atoms with van der Waals surface area (Å²) in [6.45, 7) is 2.28. The van der Waals surface area contributed by atoms with Gasteiger partial charge in [0.05, 0.1) is 36.5 Å². The Balaban J connectivity index is 1.66. The summed E-state index contributed by atoms with van der Waals surface area (Å²) in [5.41, 5.74) is 2.45. The zero-order valence-electron chi connectivity index (χ0n) is 18.9. The predicted octanol–water partition coefficient (Wildman–Crippen LogP) is 3.92. The molecule has 2 heterocycles. The van der Waals surface area contributed by atoms with Crippen molar-refractivity contribution >= 4 is 29.2 Å². The van der Waals surface area contributed by atoms with Crippen molar-refractivity contribution in [3.8, 4) is 11.5 Å². The number of carbonyl (C=O) groups excluding carboxylic acids is 2. The number of benzene rings is 2. The number of hydrogen-bond acceptors (Lipinski definition) is 5. The van der Waals surface area contributed by atoms with E-state index in [9.17, 15) is 9.59 Å². The number of nitrogens with one attached hydrogen (secondary N) is 1. The predicted molar refractivity (Wildman–Crippen MR) is 125 cm³/mol. The van der Waals surface area contributed by atoms with E-state index in [0.717, 1.165) is 11.3 Å². The molecule has 8 nitrogen and oxygen atoms in total. The molecule has 2 amide bonds. The Bertz CT molecular complexity index is 1220. The number of fused-ring (bicyclic) bond motifs is 1. The van der Waals surface area contributed by atoms with E-state index < -0.39 is 0 Å². The van der Waals surface area contributed by atoms with Crippen LogP contribution in [0.25, 0.3) is 0 Å². The van der Waals surface area contributed by atoms with Crippen LogP contribution in [0.1, 0.15) is 44.4 Å². The molecule has 0 radical (unpaired) electrons. The first kappa shape index (κ1) is 22.7. The molecule has 1 aliphatic rings. The third-order valence-electron chi connectivity index (χ3n) is 5.78. The third kappa shape index (κ3) is 4.14. The molecular weight excluding hydrogens is 444 g/mol. The molecule has 33 heavy (non-hydrogen) atoms. The molecule has 0 unspecified atom stereocenters. The van der Waals surface area contributed by atoms with Crippen LogP contribution >= 0.6 is 11.6 Å². The number of ether oxygens (including phenoxy) is 2. The number of nitrogens with zero attached hydrogens (tertiary/aromatic N) is 3. The summed E-state index contributed by atoms with van der Waals surface area (Å²) in [4.78, 5) is 28.1. The van der Waals surface area contributed by atoms with E-state index in [-0.39, 0.29) is 17.9 Å². The van der Waals surface area contributed by atoms with Crippen LogP contribution in [0.2, 0.25) is 5.02 Å². The molecule has 0 bridgehead atoms. The van der Waals surface area contributed by atoms with E-state index in [0.29, 0.717) is 46.4 Å². The number of carbonyl (C=O) groups is 2. The van der Waals surface area contributed by atoms with Gasteiger partial charge in [-0.2, -0.15) is 5.10 Å². The molecule has 1 aliphatic heterocycles. The van der Waals surface area contributed by atoms with Crippen molar-refractivity contribution in [2.24, 2.45) is 7.05 Å². The molecule has 0 saturated carbocycles. The van der Waals surface area contributed by atoms with E-state index in [2.05, 4.69) is 10.4 Å². The highest BCUT2D eigenvalue weighted by Crippen LogP contribution is 2.38. The van der Waals surface area contributed by atoms with E-state index in [1.54, 1.807) is 66.2 Å². The number of hydrogen-bond donors (Lipinski definition) is 1. The van der Waals surface area contributed by atoms with Crippen LogP contribution in [0.3, 0.4) is 0 Å². The summed E-state index contributed by atoms with van der Waals surface area (Å²) >= 11 is 6.20. The minimum atomic E-state index is -0.299. The van der Waals surface area contributed by atoms with Gasteiger partial charge < -0.3 is 14.8 Å². The van der Waals surface area contributed by atoms with Gasteiger partial charge in [-0.1, -0.05) is 23.7 Å². The van der Waals surface area contributed by atoms with E-state index in [4.69, 9.17) is 21.1 Å². The molecule has 0 aliphatic carbocycles. The van der Waals surface area contributed by atoms with Crippen LogP contribution in [0, 0.1) is 6.92 Å². The first-order valence-corrected chi connectivity index (χ1v) is 10.9. The van der Waals surface area contributed by atoms with Gasteiger partial charge in [0.25, 0.3) is 11.8 Å². The monoisotopic (exact) mass is 468 g/mol. The Hall–Kier alpha value is -3.52. The molecule has 4 rings (SSSR count). The molecule has 1 atom stereocenters. The fraction of sp³-hybridized carbons (Fsp3) is 0.292. The van der Waals surface area contributed by atoms with Gasteiger partial charge in [-0.15, -0.1) is 0 Å². The fourth-order valence-corrected chi connectivity index (χ4v) is 4.47. The number of amides is 2. The minimum Gasteiger partial charge on any atom is -0.493 e. The smallest absolute Gasteiger partial charge is 0.259 e. The van der Waals surface area contributed by atoms with Gasteiger partial charge in [0.15, 0.2) is 11.5 Å². The number of aryl methyl sites for hydroxylation is 2. The SMILES string of the molecule is COc1ccc(C(=O)N2CC[C@H](NC(=O)c3ccccc3Cl)c3c(C)nn(C)c32)cc1OC. The topological polar surface area (TPSA) is 85.7 Å². The second kappa shape index (κ2) is 9.15. The Morgan fingerprint density at radius 1 is 1.12 bits per heavy atom. The molecule has 2 aromatic carbocycles. The largest absolute Gasteiger partial charge is 0.493 e. The summed E-state index contributed by atoms with van der Waals surface area (Å²) < 4.78 is 12.3. The lowest BCUT2D eigenvalue weighted by Gasteiger charge is -2.33. The van der Waals surface area contributed by atoms with Crippen LogP contribution in [-0.4, -0.2) is 42.4 Å². The van der Waals surface area contributed by atoms with Crippen molar-refractivity contribution in [3.05, 3.63) is 69.9 Å². The van der Waals surface area contributed by atoms with E-state index >= 15 is 0 Å². The summed E-state index contributed by atoms with van der Waals surface area (Å²) in [5, 5.41) is 7.98. The first-order valence-electron chi connectivity index (χ1n) is 10.5. The Labute approximate surface area is 197 Å². The van der Waals surface area contributed by atoms with Crippen molar-refractivity contribution in [1.29, 1.82) is 0 Å². The summed E-state index contributed by atoms with van der Waals surface area (Å²) in [6.07, 6.45) is 0.536. The van der Waals surface area contributed by atoms with Gasteiger partial charge in [0.2, 0.25) is 0 Å². The Morgan fingerprint density at radius 2 is 1.85 bits per heavy atom. The summed E-state index contributed by atoms with van der Waals surface area (Å²) in [5.74, 6) is 1.23. The quantitative estimate of drug-likeness (QED) is 0.613. The zero-order chi connectivity index (χ0) is 23.7. The maximum Gasteiger partial charge on any atom is 0.259 e. The van der Waals surface area contributed by atoms with Crippen molar-refractivity contribution in [1.82, 2.24) is 15.1 Å². The van der Waals surface area contributed by atoms with Crippen LogP contribution in [-0.2, 0) is 7.05 Å². The molecular formula is C24H25ClN4O4. The highest BCUT2D eigenvalue weighted by Gasteiger charge is 2.35. The number of rotatable bonds is 5. The van der Waals surface area contributed by atoms with Crippen LogP contribution in [0.15, 0.2) is 42.5 Å². The lowest BCUT2D eigenvalue weighted by molar-refractivity contribution is 0.0933. The number of anilines is 1. The van der Waals surface area contributed by atoms with Gasteiger partial charge in [0, 0.05) is 24.7 Å². The first-order chi connectivity index (χ1) is 15.8. The average Bonchev–Trinajstić information content (AvgIpc) is 3.13. The van der Waals surface area contributed by atoms with Crippen LogP contribution in [0.5, 0.6) is 11.5 Å². The Kier molecular flexibility index (Phi) is 6.29. The number of aromatic nitrogens is 2. The highest BCUT2D eigenvalue weighted by atomic mass is 35.5. The molecule has 1 aromatic heterocycles. The molecule has 1 N–H and O–H groups in total. The van der Waals surface area contributed by atoms with Crippen molar-refractivity contribution < 1.29 is 19.1 Å². The maximum atomic E-state index is 13.5. The van der Waals surface area contributed by atoms with Crippen molar-refractivity contribution in [3.63, 3.8) is 0 Å². The third-order valence-corrected chi connectivity index (χ3v) is 6.11. The van der Waals surface area contributed by atoms with E-state index in [1.165, 1.54) is 7.11 Å². The average molecular weight is 469 g/mol. The Morgan fingerprint density at radius 3 is 2.55 bits per heavy atom. The molecule has 172 valence electrons. The van der Waals surface area contributed by atoms with Crippen molar-refractivity contribution in [2.75, 3.05) is 25.7 Å². The van der Waals surface area contributed by atoms with E-state index in [1.807, 2.05) is 6.92 Å². The lowest BCUT2D eigenvalue weighted by Crippen LogP contribution is -2.42. The molecule has 3 aromatic rings. The minimum absolute atomic E-state index is 0.184. The highest BCUT2D eigenvalue weighted by molar-refractivity contribution is 6.33. The van der Waals surface area contributed by atoms with Gasteiger partial charge in [-0.25, -0.2) is 0 Å². The van der Waals surface area contributed by atoms with Gasteiger partial charge >= 0.3 is 0 Å². The zero-order valence-corrected chi connectivity index (χ0v) is 19.6. The van der Waals surface area contributed by atoms with Crippen LogP contribution in [0.4, 0.5) is 5.82 Å². The van der Waals surface area contributed by atoms with Gasteiger partial charge in [0.1, 0.15) is 5.82 Å². The standard InChI is InChI=1S/C24H25ClN4O4/c1-14-21-18(26-22(30)16-7-5-6-8-17(16)25)11-12-29(23(21)28(2)27-14)24(31)15-9-10-19(32-3)20(13-15)33-4/h5-10,13,18H,11-12H2,1-4H3,(H,26,30)/t18-/m0/s1. The summed E-state index contributed by atoms with van der Waals surface area (Å²) in [6, 6.07) is 11.7. The number of methoxy groups -OCH3 is 2. The second-order valence-electron chi connectivity index (χ2n) is 7.77. The van der Waals surface area contributed by atoms with Gasteiger partial charge in [-0.3, -0.25) is 19.2 Å². The molecule has 9 heteroatoms. The summed E-state index contributed by atoms with van der Waals surface area (Å²) in [7, 11) is 4.87. The number of halogens is 1. The second-order valence-corrected chi connectivity index (χ2v) is 8.17. The normalized spacial score (nSPS) is 15.1. The molecule has 0 fully saturated rings. The maximum absolute atomic E-state index is 13.5. The lowest BCUT2D eigenvalue weighted by atomic mass is 9.97. The molecule has 0 spiro atoms. The van der Waals surface area contributed by atoms with Crippen LogP contribution < -0.4 is 19.7 Å². The van der Waals surface area contributed by atoms with Gasteiger partial charge in [-0.05, 0) is 43.7 Å².